The van der Waals surface area contributed by atoms with Crippen molar-refractivity contribution in [2.75, 3.05) is 19.7 Å². The van der Waals surface area contributed by atoms with E-state index in [1.54, 1.807) is 23.2 Å². The second kappa shape index (κ2) is 9.88. The van der Waals surface area contributed by atoms with Crippen LogP contribution in [0.25, 0.3) is 0 Å². The van der Waals surface area contributed by atoms with Gasteiger partial charge in [0.15, 0.2) is 0 Å². The van der Waals surface area contributed by atoms with Crippen molar-refractivity contribution in [1.82, 2.24) is 15.2 Å². The summed E-state index contributed by atoms with van der Waals surface area (Å²) in [6, 6.07) is 13.4. The quantitative estimate of drug-likeness (QED) is 0.749. The monoisotopic (exact) mass is 381 g/mol. The molecule has 0 radical (unpaired) electrons. The standard InChI is InChI=1S/C22H27N3O3/c1-17-7-9-19(10-8-17)28-16-4-6-21(26)24-18-11-14-25(15-12-18)22(27)20-5-2-3-13-23-20/h2-3,5,7-10,13,18H,4,6,11-12,14-16H2,1H3,(H,24,26). The van der Waals surface area contributed by atoms with Crippen LogP contribution >= 0.6 is 0 Å². The zero-order valence-electron chi connectivity index (χ0n) is 16.3. The van der Waals surface area contributed by atoms with Gasteiger partial charge in [0, 0.05) is 31.7 Å². The van der Waals surface area contributed by atoms with Gasteiger partial charge in [0.2, 0.25) is 5.91 Å². The van der Waals surface area contributed by atoms with Crippen LogP contribution in [0.3, 0.4) is 0 Å². The molecule has 0 spiro atoms. The van der Waals surface area contributed by atoms with Crippen molar-refractivity contribution in [2.45, 2.75) is 38.6 Å². The number of piperidine rings is 1. The topological polar surface area (TPSA) is 71.5 Å². The van der Waals surface area contributed by atoms with Crippen LogP contribution in [0, 0.1) is 6.92 Å². The van der Waals surface area contributed by atoms with Gasteiger partial charge in [-0.05, 0) is 50.5 Å². The van der Waals surface area contributed by atoms with Crippen LogP contribution in [0.1, 0.15) is 41.7 Å². The Morgan fingerprint density at radius 2 is 1.89 bits per heavy atom. The average Bonchev–Trinajstić information content (AvgIpc) is 2.73. The van der Waals surface area contributed by atoms with E-state index in [1.807, 2.05) is 37.3 Å². The maximum Gasteiger partial charge on any atom is 0.272 e. The largest absolute Gasteiger partial charge is 0.494 e. The van der Waals surface area contributed by atoms with Crippen molar-refractivity contribution in [2.24, 2.45) is 0 Å². The van der Waals surface area contributed by atoms with E-state index in [0.29, 0.717) is 38.2 Å². The first-order valence-electron chi connectivity index (χ1n) is 9.81. The zero-order chi connectivity index (χ0) is 19.8. The predicted molar refractivity (Wildman–Crippen MR) is 107 cm³/mol. The van der Waals surface area contributed by atoms with Crippen LogP contribution in [-0.2, 0) is 4.79 Å². The van der Waals surface area contributed by atoms with Crippen molar-refractivity contribution in [3.8, 4) is 5.75 Å². The zero-order valence-corrected chi connectivity index (χ0v) is 16.3. The first-order chi connectivity index (χ1) is 13.6. The minimum absolute atomic E-state index is 0.0429. The van der Waals surface area contributed by atoms with Gasteiger partial charge in [-0.1, -0.05) is 23.8 Å². The molecule has 2 amide bonds. The van der Waals surface area contributed by atoms with Crippen molar-refractivity contribution < 1.29 is 14.3 Å². The maximum absolute atomic E-state index is 12.4. The Hall–Kier alpha value is -2.89. The number of carbonyl (C=O) groups excluding carboxylic acids is 2. The highest BCUT2D eigenvalue weighted by molar-refractivity contribution is 5.92. The first-order valence-corrected chi connectivity index (χ1v) is 9.81. The van der Waals surface area contributed by atoms with Crippen LogP contribution < -0.4 is 10.1 Å². The molecule has 0 bridgehead atoms. The third-order valence-electron chi connectivity index (χ3n) is 4.87. The second-order valence-electron chi connectivity index (χ2n) is 7.11. The Morgan fingerprint density at radius 1 is 1.14 bits per heavy atom. The molecular formula is C22H27N3O3. The number of nitrogens with one attached hydrogen (secondary N) is 1. The molecule has 0 atom stereocenters. The summed E-state index contributed by atoms with van der Waals surface area (Å²) in [7, 11) is 0. The number of amides is 2. The van der Waals surface area contributed by atoms with Gasteiger partial charge in [-0.25, -0.2) is 0 Å². The highest BCUT2D eigenvalue weighted by Crippen LogP contribution is 2.14. The molecule has 0 unspecified atom stereocenters. The molecule has 28 heavy (non-hydrogen) atoms. The summed E-state index contributed by atoms with van der Waals surface area (Å²) >= 11 is 0. The smallest absolute Gasteiger partial charge is 0.272 e. The van der Waals surface area contributed by atoms with Crippen LogP contribution in [0.15, 0.2) is 48.7 Å². The number of hydrogen-bond acceptors (Lipinski definition) is 4. The van der Waals surface area contributed by atoms with E-state index in [0.717, 1.165) is 18.6 Å². The van der Waals surface area contributed by atoms with E-state index in [-0.39, 0.29) is 17.9 Å². The minimum atomic E-state index is -0.0429. The molecule has 2 aromatic rings. The van der Waals surface area contributed by atoms with Crippen LogP contribution in [0.4, 0.5) is 0 Å². The summed E-state index contributed by atoms with van der Waals surface area (Å²) < 4.78 is 5.65. The fourth-order valence-corrected chi connectivity index (χ4v) is 3.24. The Morgan fingerprint density at radius 3 is 2.57 bits per heavy atom. The molecule has 3 rings (SSSR count). The Labute approximate surface area is 165 Å². The Kier molecular flexibility index (Phi) is 7.00. The van der Waals surface area contributed by atoms with Gasteiger partial charge in [0.05, 0.1) is 6.61 Å². The lowest BCUT2D eigenvalue weighted by molar-refractivity contribution is -0.122. The molecule has 1 aromatic heterocycles. The minimum Gasteiger partial charge on any atom is -0.494 e. The van der Waals surface area contributed by atoms with Crippen molar-refractivity contribution >= 4 is 11.8 Å². The van der Waals surface area contributed by atoms with Gasteiger partial charge >= 0.3 is 0 Å². The normalized spacial score (nSPS) is 14.5. The number of aromatic nitrogens is 1. The van der Waals surface area contributed by atoms with E-state index >= 15 is 0 Å². The van der Waals surface area contributed by atoms with Gasteiger partial charge in [0.25, 0.3) is 5.91 Å². The van der Waals surface area contributed by atoms with Crippen molar-refractivity contribution in [1.29, 1.82) is 0 Å². The summed E-state index contributed by atoms with van der Waals surface area (Å²) in [6.07, 6.45) is 4.28. The van der Waals surface area contributed by atoms with E-state index < -0.39 is 0 Å². The van der Waals surface area contributed by atoms with Gasteiger partial charge in [0.1, 0.15) is 11.4 Å². The number of benzene rings is 1. The van der Waals surface area contributed by atoms with E-state index in [4.69, 9.17) is 4.74 Å². The number of carbonyl (C=O) groups is 2. The molecule has 6 heteroatoms. The number of ether oxygens (including phenoxy) is 1. The molecule has 148 valence electrons. The highest BCUT2D eigenvalue weighted by Gasteiger charge is 2.24. The van der Waals surface area contributed by atoms with E-state index in [1.165, 1.54) is 5.56 Å². The van der Waals surface area contributed by atoms with E-state index in [2.05, 4.69) is 10.3 Å². The molecule has 0 aliphatic carbocycles. The number of rotatable bonds is 7. The highest BCUT2D eigenvalue weighted by atomic mass is 16.5. The maximum atomic E-state index is 12.4. The molecule has 6 nitrogen and oxygen atoms in total. The summed E-state index contributed by atoms with van der Waals surface area (Å²) in [5.41, 5.74) is 1.66. The average molecular weight is 381 g/mol. The molecule has 1 aliphatic heterocycles. The summed E-state index contributed by atoms with van der Waals surface area (Å²) in [5.74, 6) is 0.830. The van der Waals surface area contributed by atoms with Gasteiger partial charge < -0.3 is 15.0 Å². The molecule has 1 saturated heterocycles. The third kappa shape index (κ3) is 5.81. The lowest BCUT2D eigenvalue weighted by Gasteiger charge is -2.32. The predicted octanol–water partition coefficient (Wildman–Crippen LogP) is 2.97. The first kappa shape index (κ1) is 19.9. The lowest BCUT2D eigenvalue weighted by Crippen LogP contribution is -2.46. The molecule has 2 heterocycles. The van der Waals surface area contributed by atoms with Crippen molar-refractivity contribution in [3.63, 3.8) is 0 Å². The summed E-state index contributed by atoms with van der Waals surface area (Å²) in [5, 5.41) is 3.08. The number of likely N-dealkylation sites (tertiary alicyclic amines) is 1. The summed E-state index contributed by atoms with van der Waals surface area (Å²) in [6.45, 7) is 3.83. The van der Waals surface area contributed by atoms with Crippen LogP contribution in [-0.4, -0.2) is 47.4 Å². The fraction of sp³-hybridized carbons (Fsp3) is 0.409. The number of aryl methyl sites for hydroxylation is 1. The Bertz CT molecular complexity index is 769. The molecule has 1 aliphatic rings. The number of nitrogens with zero attached hydrogens (tertiary/aromatic N) is 2. The number of pyridine rings is 1. The molecule has 1 aromatic carbocycles. The summed E-state index contributed by atoms with van der Waals surface area (Å²) in [4.78, 5) is 30.5. The fourth-order valence-electron chi connectivity index (χ4n) is 3.24. The molecule has 0 saturated carbocycles. The van der Waals surface area contributed by atoms with Crippen LogP contribution in [0.5, 0.6) is 5.75 Å². The Balaban J connectivity index is 1.32. The van der Waals surface area contributed by atoms with E-state index in [9.17, 15) is 9.59 Å². The van der Waals surface area contributed by atoms with Gasteiger partial charge in [-0.3, -0.25) is 14.6 Å². The second-order valence-corrected chi connectivity index (χ2v) is 7.11. The molecule has 1 N–H and O–H groups in total. The molecule has 1 fully saturated rings. The van der Waals surface area contributed by atoms with Crippen LogP contribution in [0.2, 0.25) is 0 Å². The van der Waals surface area contributed by atoms with Gasteiger partial charge in [-0.15, -0.1) is 0 Å². The third-order valence-corrected chi connectivity index (χ3v) is 4.87. The number of hydrogen-bond donors (Lipinski definition) is 1. The molecular weight excluding hydrogens is 354 g/mol. The van der Waals surface area contributed by atoms with Crippen molar-refractivity contribution in [3.05, 3.63) is 59.9 Å². The SMILES string of the molecule is Cc1ccc(OCCCC(=O)NC2CCN(C(=O)c3ccccn3)CC2)cc1. The lowest BCUT2D eigenvalue weighted by atomic mass is 10.0. The van der Waals surface area contributed by atoms with Gasteiger partial charge in [-0.2, -0.15) is 0 Å².